The number of halogens is 5. The molecule has 0 amide bonds. The maximum atomic E-state index is 12.2. The molecular weight excluding hydrogens is 366 g/mol. The molecule has 0 radical (unpaired) electrons. The van der Waals surface area contributed by atoms with Gasteiger partial charge < -0.3 is 0 Å². The van der Waals surface area contributed by atoms with E-state index in [2.05, 4.69) is 20.9 Å². The third-order valence-corrected chi connectivity index (χ3v) is 3.59. The molecule has 0 saturated carbocycles. The van der Waals surface area contributed by atoms with Crippen LogP contribution in [0.25, 0.3) is 0 Å². The molecule has 1 aromatic rings. The largest absolute Gasteiger partial charge is 0.281 e. The Morgan fingerprint density at radius 1 is 1.58 bits per heavy atom. The van der Waals surface area contributed by atoms with Gasteiger partial charge in [0.1, 0.15) is 9.39 Å². The van der Waals surface area contributed by atoms with E-state index in [1.54, 1.807) is 0 Å². The Kier molecular flexibility index (Phi) is 3.66. The minimum absolute atomic E-state index is 0.0164. The van der Waals surface area contributed by atoms with Crippen LogP contribution >= 0.6 is 50.1 Å². The molecule has 0 fully saturated rings. The fourth-order valence-corrected chi connectivity index (χ4v) is 1.71. The van der Waals surface area contributed by atoms with Gasteiger partial charge in [-0.25, -0.2) is 13.8 Å². The fourth-order valence-electron chi connectivity index (χ4n) is 0.610. The van der Waals surface area contributed by atoms with E-state index in [1.165, 1.54) is 6.07 Å². The second-order valence-corrected chi connectivity index (χ2v) is 4.21. The molecule has 1 rings (SSSR count). The van der Waals surface area contributed by atoms with E-state index in [1.807, 2.05) is 22.6 Å². The van der Waals surface area contributed by atoms with Gasteiger partial charge in [0, 0.05) is 0 Å². The molecule has 66 valence electrons. The fraction of sp³-hybridized carbons (Fsp3) is 0.167. The molecular formula is C6H2BrClF2IN. The van der Waals surface area contributed by atoms with Crippen LogP contribution in [0.1, 0.15) is 12.1 Å². The molecule has 0 spiro atoms. The molecule has 0 atom stereocenters. The highest BCUT2D eigenvalue weighted by atomic mass is 127. The van der Waals surface area contributed by atoms with Crippen molar-refractivity contribution < 1.29 is 8.78 Å². The summed E-state index contributed by atoms with van der Waals surface area (Å²) < 4.78 is 25.4. The molecule has 0 saturated heterocycles. The van der Waals surface area contributed by atoms with Crippen LogP contribution in [0.2, 0.25) is 5.02 Å². The van der Waals surface area contributed by atoms with Gasteiger partial charge >= 0.3 is 0 Å². The summed E-state index contributed by atoms with van der Waals surface area (Å²) in [7, 11) is 0. The number of rotatable bonds is 1. The van der Waals surface area contributed by atoms with E-state index in [9.17, 15) is 8.78 Å². The third kappa shape index (κ3) is 2.26. The molecule has 0 N–H and O–H groups in total. The van der Waals surface area contributed by atoms with Crippen molar-refractivity contribution in [2.45, 2.75) is 6.43 Å². The van der Waals surface area contributed by atoms with Crippen molar-refractivity contribution in [3.63, 3.8) is 0 Å². The van der Waals surface area contributed by atoms with Crippen LogP contribution in [0.15, 0.2) is 10.5 Å². The molecule has 0 aliphatic rings. The summed E-state index contributed by atoms with van der Waals surface area (Å²) in [6, 6.07) is 1.41. The highest BCUT2D eigenvalue weighted by Crippen LogP contribution is 2.29. The average molecular weight is 368 g/mol. The van der Waals surface area contributed by atoms with Crippen molar-refractivity contribution in [3.8, 4) is 0 Å². The normalized spacial score (nSPS) is 10.8. The van der Waals surface area contributed by atoms with Crippen molar-refractivity contribution in [1.82, 2.24) is 4.98 Å². The van der Waals surface area contributed by atoms with Crippen molar-refractivity contribution in [2.75, 3.05) is 0 Å². The molecule has 1 aromatic heterocycles. The van der Waals surface area contributed by atoms with Crippen LogP contribution in [0.4, 0.5) is 8.78 Å². The Balaban J connectivity index is 3.23. The first kappa shape index (κ1) is 10.6. The lowest BCUT2D eigenvalue weighted by Crippen LogP contribution is -1.94. The van der Waals surface area contributed by atoms with Gasteiger partial charge in [-0.3, -0.25) is 0 Å². The second kappa shape index (κ2) is 4.15. The van der Waals surface area contributed by atoms with Gasteiger partial charge in [-0.05, 0) is 44.6 Å². The van der Waals surface area contributed by atoms with Gasteiger partial charge in [-0.2, -0.15) is 0 Å². The van der Waals surface area contributed by atoms with Crippen molar-refractivity contribution in [3.05, 3.63) is 25.0 Å². The van der Waals surface area contributed by atoms with Crippen LogP contribution in [-0.2, 0) is 0 Å². The molecule has 0 bridgehead atoms. The quantitative estimate of drug-likeness (QED) is 0.539. The Bertz CT molecular complexity index is 308. The zero-order chi connectivity index (χ0) is 9.30. The van der Waals surface area contributed by atoms with Crippen LogP contribution in [0, 0.1) is 3.70 Å². The molecule has 0 unspecified atom stereocenters. The topological polar surface area (TPSA) is 12.9 Å². The van der Waals surface area contributed by atoms with Crippen LogP contribution in [0.3, 0.4) is 0 Å². The summed E-state index contributed by atoms with van der Waals surface area (Å²) in [5, 5.41) is -0.0164. The van der Waals surface area contributed by atoms with Crippen molar-refractivity contribution in [2.24, 2.45) is 0 Å². The zero-order valence-electron chi connectivity index (χ0n) is 5.49. The van der Waals surface area contributed by atoms with Crippen LogP contribution in [0.5, 0.6) is 0 Å². The summed E-state index contributed by atoms with van der Waals surface area (Å²) in [5.41, 5.74) is -0.371. The first-order valence-corrected chi connectivity index (χ1v) is 5.07. The number of hydrogen-bond donors (Lipinski definition) is 0. The minimum Gasteiger partial charge on any atom is -0.238 e. The maximum Gasteiger partial charge on any atom is 0.281 e. The van der Waals surface area contributed by atoms with Crippen molar-refractivity contribution in [1.29, 1.82) is 0 Å². The second-order valence-electron chi connectivity index (χ2n) is 1.93. The first-order valence-electron chi connectivity index (χ1n) is 2.82. The highest BCUT2D eigenvalue weighted by molar-refractivity contribution is 14.1. The van der Waals surface area contributed by atoms with Crippen molar-refractivity contribution >= 4 is 50.1 Å². The van der Waals surface area contributed by atoms with Gasteiger partial charge in [-0.15, -0.1) is 0 Å². The Labute approximate surface area is 94.8 Å². The lowest BCUT2D eigenvalue weighted by atomic mass is 10.4. The Hall–Kier alpha value is 0.510. The van der Waals surface area contributed by atoms with Gasteiger partial charge in [-0.1, -0.05) is 11.6 Å². The molecule has 0 aliphatic carbocycles. The summed E-state index contributed by atoms with van der Waals surface area (Å²) in [5.74, 6) is 0. The van der Waals surface area contributed by atoms with Gasteiger partial charge in [0.25, 0.3) is 6.43 Å². The monoisotopic (exact) mass is 367 g/mol. The number of pyridine rings is 1. The lowest BCUT2D eigenvalue weighted by Gasteiger charge is -2.03. The predicted octanol–water partition coefficient (Wildman–Crippen LogP) is 4.04. The van der Waals surface area contributed by atoms with Crippen LogP contribution < -0.4 is 0 Å². The first-order chi connectivity index (χ1) is 5.52. The highest BCUT2D eigenvalue weighted by Gasteiger charge is 2.15. The van der Waals surface area contributed by atoms with Gasteiger partial charge in [0.15, 0.2) is 0 Å². The number of aromatic nitrogens is 1. The van der Waals surface area contributed by atoms with E-state index in [-0.39, 0.29) is 10.7 Å². The predicted molar refractivity (Wildman–Crippen MR) is 54.6 cm³/mol. The average Bonchev–Trinajstić information content (AvgIpc) is 1.96. The Morgan fingerprint density at radius 3 is 2.67 bits per heavy atom. The van der Waals surface area contributed by atoms with Crippen LogP contribution in [-0.4, -0.2) is 4.98 Å². The summed E-state index contributed by atoms with van der Waals surface area (Å²) >= 11 is 10.5. The van der Waals surface area contributed by atoms with E-state index < -0.39 is 6.43 Å². The lowest BCUT2D eigenvalue weighted by molar-refractivity contribution is 0.146. The third-order valence-electron chi connectivity index (χ3n) is 1.12. The SMILES string of the molecule is FC(F)c1nc(I)c(Br)cc1Cl. The standard InChI is InChI=1S/C6H2BrClF2IN/c7-2-1-3(8)4(5(9)10)12-6(2)11/h1,5H. The molecule has 6 heteroatoms. The summed E-state index contributed by atoms with van der Waals surface area (Å²) in [6.45, 7) is 0. The van der Waals surface area contributed by atoms with Gasteiger partial charge in [0.05, 0.1) is 9.50 Å². The molecule has 0 aliphatic heterocycles. The molecule has 12 heavy (non-hydrogen) atoms. The minimum atomic E-state index is -2.63. The molecule has 0 aromatic carbocycles. The zero-order valence-corrected chi connectivity index (χ0v) is 9.99. The smallest absolute Gasteiger partial charge is 0.238 e. The van der Waals surface area contributed by atoms with Gasteiger partial charge in [0.2, 0.25) is 0 Å². The van der Waals surface area contributed by atoms with E-state index in [0.717, 1.165) is 0 Å². The van der Waals surface area contributed by atoms with E-state index in [4.69, 9.17) is 11.6 Å². The summed E-state index contributed by atoms with van der Waals surface area (Å²) in [6.07, 6.45) is -2.63. The number of hydrogen-bond acceptors (Lipinski definition) is 1. The summed E-state index contributed by atoms with van der Waals surface area (Å²) in [4.78, 5) is 3.63. The Morgan fingerprint density at radius 2 is 2.17 bits per heavy atom. The van der Waals surface area contributed by atoms with E-state index in [0.29, 0.717) is 8.17 Å². The maximum absolute atomic E-state index is 12.2. The molecule has 1 heterocycles. The molecule has 1 nitrogen and oxygen atoms in total. The number of alkyl halides is 2. The number of nitrogens with zero attached hydrogens (tertiary/aromatic N) is 1. The van der Waals surface area contributed by atoms with E-state index >= 15 is 0 Å².